The molecule has 10 heavy (non-hydrogen) atoms. The summed E-state index contributed by atoms with van der Waals surface area (Å²) in [6.45, 7) is 1.76. The maximum Gasteiger partial charge on any atom is 0.286 e. The van der Waals surface area contributed by atoms with E-state index >= 15 is 0 Å². The van der Waals surface area contributed by atoms with Crippen LogP contribution in [0.2, 0.25) is 0 Å². The number of carbonyl (C=O) groups is 2. The minimum atomic E-state index is -0.923. The van der Waals surface area contributed by atoms with Gasteiger partial charge < -0.3 is 5.73 Å². The van der Waals surface area contributed by atoms with Crippen molar-refractivity contribution in [1.29, 1.82) is 0 Å². The first-order valence-electron chi connectivity index (χ1n) is 2.86. The van der Waals surface area contributed by atoms with Crippen LogP contribution in [0.5, 0.6) is 0 Å². The van der Waals surface area contributed by atoms with E-state index in [0.29, 0.717) is 6.42 Å². The van der Waals surface area contributed by atoms with Crippen molar-refractivity contribution in [3.05, 3.63) is 0 Å². The predicted octanol–water partition coefficient (Wildman–Crippen LogP) is -0.746. The van der Waals surface area contributed by atoms with E-state index in [1.165, 1.54) is 0 Å². The molecule has 3 N–H and O–H groups in total. The third-order valence-electron chi connectivity index (χ3n) is 1.12. The zero-order valence-electron chi connectivity index (χ0n) is 5.63. The van der Waals surface area contributed by atoms with E-state index in [9.17, 15) is 9.59 Å². The molecule has 0 aromatic heterocycles. The van der Waals surface area contributed by atoms with Crippen molar-refractivity contribution < 1.29 is 9.59 Å². The molecule has 0 aromatic rings. The van der Waals surface area contributed by atoms with Crippen LogP contribution in [0, 0.1) is 0 Å². The Morgan fingerprint density at radius 1 is 1.70 bits per heavy atom. The third kappa shape index (κ3) is 2.36. The number of nitrogens with two attached hydrogens (primary N) is 1. The van der Waals surface area contributed by atoms with Gasteiger partial charge in [0.1, 0.15) is 0 Å². The van der Waals surface area contributed by atoms with Gasteiger partial charge >= 0.3 is 0 Å². The molecule has 0 saturated heterocycles. The van der Waals surface area contributed by atoms with Gasteiger partial charge in [-0.3, -0.25) is 14.3 Å². The van der Waals surface area contributed by atoms with E-state index in [0.717, 1.165) is 0 Å². The van der Waals surface area contributed by atoms with Gasteiger partial charge in [-0.2, -0.15) is 0 Å². The number of primary amides is 1. The lowest BCUT2D eigenvalue weighted by atomic mass is 10.1. The molecule has 0 heterocycles. The van der Waals surface area contributed by atoms with Crippen LogP contribution < -0.4 is 10.5 Å². The monoisotopic (exact) mass is 162 g/mol. The lowest BCUT2D eigenvalue weighted by Crippen LogP contribution is -2.39. The summed E-state index contributed by atoms with van der Waals surface area (Å²) in [4.78, 5) is 21.0. The summed E-state index contributed by atoms with van der Waals surface area (Å²) in [6, 6.07) is -0.555. The van der Waals surface area contributed by atoms with E-state index in [1.54, 1.807) is 6.92 Å². The second kappa shape index (κ2) is 4.29. The molecular weight excluding hydrogens is 152 g/mol. The van der Waals surface area contributed by atoms with Crippen molar-refractivity contribution >= 4 is 24.5 Å². The second-order valence-electron chi connectivity index (χ2n) is 1.82. The fourth-order valence-corrected chi connectivity index (χ4v) is 0.807. The molecule has 4 nitrogen and oxygen atoms in total. The molecular formula is C5H10N2O2S. The topological polar surface area (TPSA) is 72.2 Å². The van der Waals surface area contributed by atoms with Crippen molar-refractivity contribution in [1.82, 2.24) is 4.72 Å². The average molecular weight is 162 g/mol. The van der Waals surface area contributed by atoms with Crippen LogP contribution in [0.3, 0.4) is 0 Å². The molecule has 0 saturated carbocycles. The first-order chi connectivity index (χ1) is 4.63. The maximum atomic E-state index is 10.7. The number of hydrogen-bond donors (Lipinski definition) is 3. The van der Waals surface area contributed by atoms with Crippen molar-refractivity contribution in [3.8, 4) is 0 Å². The molecule has 1 unspecified atom stereocenters. The zero-order chi connectivity index (χ0) is 8.15. The maximum absolute atomic E-state index is 10.7. The van der Waals surface area contributed by atoms with Crippen LogP contribution in [0.25, 0.3) is 0 Å². The van der Waals surface area contributed by atoms with E-state index < -0.39 is 17.7 Å². The summed E-state index contributed by atoms with van der Waals surface area (Å²) < 4.78 is 2.38. The van der Waals surface area contributed by atoms with E-state index in [1.807, 2.05) is 0 Å². The number of carbonyl (C=O) groups excluding carboxylic acids is 2. The summed E-state index contributed by atoms with van der Waals surface area (Å²) in [5.74, 6) is -1.55. The smallest absolute Gasteiger partial charge is 0.286 e. The Labute approximate surface area is 64.7 Å². The summed E-state index contributed by atoms with van der Waals surface area (Å²) in [7, 11) is 0. The Kier molecular flexibility index (Phi) is 4.06. The number of hydrogen-bond acceptors (Lipinski definition) is 4. The lowest BCUT2D eigenvalue weighted by molar-refractivity contribution is -0.136. The van der Waals surface area contributed by atoms with Gasteiger partial charge in [-0.05, 0) is 6.42 Å². The summed E-state index contributed by atoms with van der Waals surface area (Å²) in [6.07, 6.45) is 0.505. The van der Waals surface area contributed by atoms with E-state index in [-0.39, 0.29) is 0 Å². The van der Waals surface area contributed by atoms with E-state index in [2.05, 4.69) is 17.5 Å². The highest BCUT2D eigenvalue weighted by molar-refractivity contribution is 7.78. The number of Topliss-reactive ketones (excluding diaryl/α,β-unsaturated/α-hetero) is 1. The van der Waals surface area contributed by atoms with Gasteiger partial charge in [0.15, 0.2) is 0 Å². The predicted molar refractivity (Wildman–Crippen MR) is 40.4 cm³/mol. The zero-order valence-corrected chi connectivity index (χ0v) is 6.52. The first-order valence-corrected chi connectivity index (χ1v) is 3.31. The Morgan fingerprint density at radius 3 is 2.30 bits per heavy atom. The molecule has 0 radical (unpaired) electrons. The van der Waals surface area contributed by atoms with Crippen molar-refractivity contribution in [2.45, 2.75) is 19.4 Å². The molecule has 0 fully saturated rings. The fourth-order valence-electron chi connectivity index (χ4n) is 0.507. The highest BCUT2D eigenvalue weighted by Gasteiger charge is 2.19. The molecule has 5 heteroatoms. The Balaban J connectivity index is 4.02. The molecule has 0 aliphatic carbocycles. The molecule has 0 spiro atoms. The molecule has 0 bridgehead atoms. The lowest BCUT2D eigenvalue weighted by Gasteiger charge is -2.07. The minimum Gasteiger partial charge on any atom is -0.363 e. The summed E-state index contributed by atoms with van der Waals surface area (Å²) in [5, 5.41) is 0. The summed E-state index contributed by atoms with van der Waals surface area (Å²) in [5.41, 5.74) is 4.73. The highest BCUT2D eigenvalue weighted by Crippen LogP contribution is 1.92. The largest absolute Gasteiger partial charge is 0.363 e. The number of thiol groups is 1. The van der Waals surface area contributed by atoms with Crippen LogP contribution in [0.15, 0.2) is 0 Å². The van der Waals surface area contributed by atoms with Crippen LogP contribution in [-0.2, 0) is 9.59 Å². The Morgan fingerprint density at radius 2 is 2.20 bits per heavy atom. The third-order valence-corrected chi connectivity index (χ3v) is 1.44. The Bertz CT molecular complexity index is 145. The normalized spacial score (nSPS) is 12.6. The molecule has 58 valence electrons. The van der Waals surface area contributed by atoms with Gasteiger partial charge in [0.05, 0.1) is 6.04 Å². The molecule has 0 aliphatic rings. The molecule has 1 atom stereocenters. The van der Waals surface area contributed by atoms with Gasteiger partial charge in [0.2, 0.25) is 5.78 Å². The number of nitrogens with one attached hydrogen (secondary N) is 1. The van der Waals surface area contributed by atoms with Gasteiger partial charge in [0, 0.05) is 0 Å². The molecule has 0 aliphatic heterocycles. The van der Waals surface area contributed by atoms with E-state index in [4.69, 9.17) is 5.73 Å². The highest BCUT2D eigenvalue weighted by atomic mass is 32.1. The minimum absolute atomic E-state index is 0.505. The Hall–Kier alpha value is -0.550. The van der Waals surface area contributed by atoms with Crippen molar-refractivity contribution in [2.75, 3.05) is 0 Å². The van der Waals surface area contributed by atoms with Gasteiger partial charge in [-0.1, -0.05) is 19.7 Å². The average Bonchev–Trinajstić information content (AvgIpc) is 1.90. The van der Waals surface area contributed by atoms with Crippen LogP contribution in [0.4, 0.5) is 0 Å². The molecule has 1 amide bonds. The van der Waals surface area contributed by atoms with Gasteiger partial charge in [0.25, 0.3) is 5.91 Å². The standard InChI is InChI=1S/C5H10N2O2S/c1-2-3(7-10)4(8)5(6)9/h3,7,10H,2H2,1H3,(H2,6,9). The van der Waals surface area contributed by atoms with Crippen LogP contribution in [0.1, 0.15) is 13.3 Å². The quantitative estimate of drug-likeness (QED) is 0.376. The van der Waals surface area contributed by atoms with Crippen LogP contribution >= 0.6 is 12.8 Å². The van der Waals surface area contributed by atoms with Crippen molar-refractivity contribution in [3.63, 3.8) is 0 Å². The number of rotatable bonds is 4. The molecule has 0 rings (SSSR count). The van der Waals surface area contributed by atoms with Crippen molar-refractivity contribution in [2.24, 2.45) is 5.73 Å². The summed E-state index contributed by atoms with van der Waals surface area (Å²) >= 11 is 3.65. The van der Waals surface area contributed by atoms with Crippen LogP contribution in [-0.4, -0.2) is 17.7 Å². The SMILES string of the molecule is CCC(NS)C(=O)C(N)=O. The number of ketones is 1. The van der Waals surface area contributed by atoms with Gasteiger partial charge in [-0.15, -0.1) is 0 Å². The first kappa shape index (κ1) is 9.45. The second-order valence-corrected chi connectivity index (χ2v) is 2.08. The van der Waals surface area contributed by atoms with Gasteiger partial charge in [-0.25, -0.2) is 0 Å². The number of amides is 1. The molecule has 0 aromatic carbocycles. The fraction of sp³-hybridized carbons (Fsp3) is 0.600.